The van der Waals surface area contributed by atoms with Crippen molar-refractivity contribution in [2.75, 3.05) is 13.7 Å². The van der Waals surface area contributed by atoms with Crippen LogP contribution in [0.1, 0.15) is 19.8 Å². The Labute approximate surface area is 58.6 Å². The highest BCUT2D eigenvalue weighted by atomic mass is 32.2. The average Bonchev–Trinajstić information content (AvgIpc) is 1.89. The summed E-state index contributed by atoms with van der Waals surface area (Å²) in [6, 6.07) is 0. The molecule has 4 heteroatoms. The normalized spacial score (nSPS) is 13.6. The molecule has 1 atom stereocenters. The van der Waals surface area contributed by atoms with E-state index in [0.29, 0.717) is 6.61 Å². The van der Waals surface area contributed by atoms with Crippen molar-refractivity contribution < 1.29 is 8.39 Å². The summed E-state index contributed by atoms with van der Waals surface area (Å²) in [5, 5.41) is 0. The van der Waals surface area contributed by atoms with E-state index in [-0.39, 0.29) is 0 Å². The van der Waals surface area contributed by atoms with E-state index in [9.17, 15) is 4.21 Å². The zero-order valence-corrected chi connectivity index (χ0v) is 6.61. The van der Waals surface area contributed by atoms with Gasteiger partial charge < -0.3 is 0 Å². The molecule has 55 valence electrons. The van der Waals surface area contributed by atoms with E-state index in [0.717, 1.165) is 12.8 Å². The highest BCUT2D eigenvalue weighted by molar-refractivity contribution is 7.77. The quantitative estimate of drug-likeness (QED) is 0.539. The molecule has 0 aliphatic carbocycles. The number of hydrogen-bond acceptors (Lipinski definition) is 2. The van der Waals surface area contributed by atoms with Gasteiger partial charge in [0.15, 0.2) is 0 Å². The lowest BCUT2D eigenvalue weighted by Gasteiger charge is -1.96. The highest BCUT2D eigenvalue weighted by Gasteiger charge is 1.93. The van der Waals surface area contributed by atoms with E-state index in [1.165, 1.54) is 7.05 Å². The minimum Gasteiger partial charge on any atom is -0.277 e. The Balaban J connectivity index is 2.97. The van der Waals surface area contributed by atoms with Gasteiger partial charge in [0.25, 0.3) is 11.3 Å². The van der Waals surface area contributed by atoms with Crippen LogP contribution in [-0.2, 0) is 15.4 Å². The van der Waals surface area contributed by atoms with Crippen molar-refractivity contribution in [2.24, 2.45) is 0 Å². The van der Waals surface area contributed by atoms with Gasteiger partial charge in [0.05, 0.1) is 6.61 Å². The van der Waals surface area contributed by atoms with Gasteiger partial charge in [-0.15, -0.1) is 4.72 Å². The first-order chi connectivity index (χ1) is 4.31. The maximum Gasteiger partial charge on any atom is 0.252 e. The van der Waals surface area contributed by atoms with Gasteiger partial charge in [0.2, 0.25) is 0 Å². The molecule has 0 aromatic heterocycles. The van der Waals surface area contributed by atoms with Crippen molar-refractivity contribution in [1.29, 1.82) is 0 Å². The molecule has 0 fully saturated rings. The Bertz CT molecular complexity index is 87.0. The van der Waals surface area contributed by atoms with Gasteiger partial charge in [-0.25, -0.2) is 4.21 Å². The van der Waals surface area contributed by atoms with Crippen LogP contribution in [0.2, 0.25) is 0 Å². The molecule has 1 unspecified atom stereocenters. The van der Waals surface area contributed by atoms with Gasteiger partial charge in [-0.2, -0.15) is 0 Å². The zero-order valence-electron chi connectivity index (χ0n) is 5.79. The predicted octanol–water partition coefficient (Wildman–Crippen LogP) is 0.616. The molecule has 0 spiro atoms. The van der Waals surface area contributed by atoms with E-state index < -0.39 is 11.3 Å². The molecule has 0 aromatic carbocycles. The molecule has 0 amide bonds. The monoisotopic (exact) mass is 150 g/mol. The Morgan fingerprint density at radius 3 is 2.78 bits per heavy atom. The van der Waals surface area contributed by atoms with Crippen molar-refractivity contribution in [3.8, 4) is 0 Å². The fourth-order valence-corrected chi connectivity index (χ4v) is 0.693. The molecule has 3 nitrogen and oxygen atoms in total. The third kappa shape index (κ3) is 5.95. The summed E-state index contributed by atoms with van der Waals surface area (Å²) >= 11 is -1.40. The topological polar surface area (TPSA) is 40.4 Å². The minimum atomic E-state index is -1.40. The summed E-state index contributed by atoms with van der Waals surface area (Å²) in [7, 11) is 1.47. The van der Waals surface area contributed by atoms with E-state index in [1.807, 2.05) is 0 Å². The SMILES string of the molecule is CCCCOS(=O)[N]C. The molecule has 0 aromatic rings. The van der Waals surface area contributed by atoms with Crippen LogP contribution < -0.4 is 4.72 Å². The third-order valence-electron chi connectivity index (χ3n) is 0.831. The number of unbranched alkanes of at least 4 members (excludes halogenated alkanes) is 1. The van der Waals surface area contributed by atoms with Crippen molar-refractivity contribution in [2.45, 2.75) is 19.8 Å². The summed E-state index contributed by atoms with van der Waals surface area (Å²) in [5.41, 5.74) is 0. The van der Waals surface area contributed by atoms with Gasteiger partial charge >= 0.3 is 0 Å². The molecule has 0 N–H and O–H groups in total. The molecular formula is C5H12NO2S. The lowest BCUT2D eigenvalue weighted by Crippen LogP contribution is -2.07. The summed E-state index contributed by atoms with van der Waals surface area (Å²) in [4.78, 5) is 0. The Morgan fingerprint density at radius 2 is 2.33 bits per heavy atom. The van der Waals surface area contributed by atoms with Crippen LogP contribution in [-0.4, -0.2) is 17.9 Å². The van der Waals surface area contributed by atoms with E-state index >= 15 is 0 Å². The maximum atomic E-state index is 10.4. The molecule has 9 heavy (non-hydrogen) atoms. The van der Waals surface area contributed by atoms with Crippen LogP contribution in [0, 0.1) is 0 Å². The molecule has 0 saturated carbocycles. The summed E-state index contributed by atoms with van der Waals surface area (Å²) in [5.74, 6) is 0. The lowest BCUT2D eigenvalue weighted by atomic mass is 10.4. The second-order valence-corrected chi connectivity index (χ2v) is 2.61. The van der Waals surface area contributed by atoms with E-state index in [1.54, 1.807) is 0 Å². The first-order valence-electron chi connectivity index (χ1n) is 2.96. The van der Waals surface area contributed by atoms with Gasteiger partial charge in [-0.1, -0.05) is 13.3 Å². The summed E-state index contributed by atoms with van der Waals surface area (Å²) in [6.07, 6.45) is 2.00. The van der Waals surface area contributed by atoms with Gasteiger partial charge in [-0.05, 0) is 6.42 Å². The highest BCUT2D eigenvalue weighted by Crippen LogP contribution is 1.89. The molecule has 0 aliphatic rings. The molecular weight excluding hydrogens is 138 g/mol. The van der Waals surface area contributed by atoms with Crippen LogP contribution >= 0.6 is 0 Å². The van der Waals surface area contributed by atoms with Gasteiger partial charge in [0, 0.05) is 7.05 Å². The van der Waals surface area contributed by atoms with Crippen molar-refractivity contribution in [3.63, 3.8) is 0 Å². The second kappa shape index (κ2) is 6.19. The van der Waals surface area contributed by atoms with Crippen LogP contribution in [0.25, 0.3) is 0 Å². The molecule has 0 aliphatic heterocycles. The second-order valence-electron chi connectivity index (χ2n) is 1.58. The average molecular weight is 150 g/mol. The van der Waals surface area contributed by atoms with Crippen molar-refractivity contribution in [3.05, 3.63) is 0 Å². The van der Waals surface area contributed by atoms with Crippen LogP contribution in [0.4, 0.5) is 0 Å². The lowest BCUT2D eigenvalue weighted by molar-refractivity contribution is 0.334. The van der Waals surface area contributed by atoms with Crippen molar-refractivity contribution in [1.82, 2.24) is 4.72 Å². The number of nitrogens with zero attached hydrogens (tertiary/aromatic N) is 1. The number of rotatable bonds is 5. The molecule has 0 saturated heterocycles. The Kier molecular flexibility index (Phi) is 6.24. The summed E-state index contributed by atoms with van der Waals surface area (Å²) < 4.78 is 18.6. The van der Waals surface area contributed by atoms with Crippen LogP contribution in [0.5, 0.6) is 0 Å². The first-order valence-corrected chi connectivity index (χ1v) is 3.99. The Morgan fingerprint density at radius 1 is 1.67 bits per heavy atom. The van der Waals surface area contributed by atoms with Crippen molar-refractivity contribution >= 4 is 11.3 Å². The maximum absolute atomic E-state index is 10.4. The largest absolute Gasteiger partial charge is 0.277 e. The van der Waals surface area contributed by atoms with Gasteiger partial charge in [0.1, 0.15) is 0 Å². The molecule has 0 bridgehead atoms. The molecule has 0 heterocycles. The van der Waals surface area contributed by atoms with Crippen LogP contribution in [0.15, 0.2) is 0 Å². The predicted molar refractivity (Wildman–Crippen MR) is 37.1 cm³/mol. The third-order valence-corrected chi connectivity index (χ3v) is 1.50. The summed E-state index contributed by atoms with van der Waals surface area (Å²) in [6.45, 7) is 2.59. The van der Waals surface area contributed by atoms with Crippen LogP contribution in [0.3, 0.4) is 0 Å². The van der Waals surface area contributed by atoms with E-state index in [4.69, 9.17) is 4.18 Å². The fraction of sp³-hybridized carbons (Fsp3) is 1.00. The zero-order chi connectivity index (χ0) is 7.11. The fourth-order valence-electron chi connectivity index (χ4n) is 0.327. The number of hydrogen-bond donors (Lipinski definition) is 0. The smallest absolute Gasteiger partial charge is 0.252 e. The minimum absolute atomic E-state index is 0.542. The molecule has 0 rings (SSSR count). The molecule has 1 radical (unpaired) electrons. The standard InChI is InChI=1S/C5H12NO2S/c1-3-4-5-8-9(7)6-2/h3-5H2,1-2H3. The Hall–Kier alpha value is 0.0700. The van der Waals surface area contributed by atoms with E-state index in [2.05, 4.69) is 11.6 Å². The first kappa shape index (κ1) is 9.07. The van der Waals surface area contributed by atoms with Gasteiger partial charge in [-0.3, -0.25) is 4.18 Å².